The lowest BCUT2D eigenvalue weighted by atomic mass is 10.1. The smallest absolute Gasteiger partial charge is 0.223 e. The molecule has 1 rings (SSSR count). The van der Waals surface area contributed by atoms with Crippen LogP contribution in [0.5, 0.6) is 11.5 Å². The maximum atomic E-state index is 11.6. The van der Waals surface area contributed by atoms with E-state index < -0.39 is 0 Å². The first-order valence-electron chi connectivity index (χ1n) is 7.44. The highest BCUT2D eigenvalue weighted by Crippen LogP contribution is 2.28. The molecule has 5 nitrogen and oxygen atoms in total. The monoisotopic (exact) mass is 294 g/mol. The van der Waals surface area contributed by atoms with Gasteiger partial charge in [0.1, 0.15) is 0 Å². The van der Waals surface area contributed by atoms with E-state index in [4.69, 9.17) is 15.2 Å². The Bertz CT molecular complexity index is 447. The number of hydrogen-bond acceptors (Lipinski definition) is 4. The molecule has 21 heavy (non-hydrogen) atoms. The molecule has 5 heteroatoms. The number of carbonyl (C=O) groups is 1. The Morgan fingerprint density at radius 2 is 2.05 bits per heavy atom. The van der Waals surface area contributed by atoms with Crippen LogP contribution in [0.25, 0.3) is 0 Å². The van der Waals surface area contributed by atoms with Gasteiger partial charge in [-0.1, -0.05) is 6.07 Å². The van der Waals surface area contributed by atoms with Crippen LogP contribution in [0, 0.1) is 0 Å². The molecule has 0 saturated carbocycles. The summed E-state index contributed by atoms with van der Waals surface area (Å²) in [6, 6.07) is 5.93. The largest absolute Gasteiger partial charge is 0.490 e. The van der Waals surface area contributed by atoms with Crippen molar-refractivity contribution in [2.75, 3.05) is 19.8 Å². The SMILES string of the molecule is CCOc1cc(CCN)ccc1OCCC(=O)NC(C)C. The highest BCUT2D eigenvalue weighted by molar-refractivity contribution is 5.76. The van der Waals surface area contributed by atoms with Crippen LogP contribution >= 0.6 is 0 Å². The number of nitrogens with two attached hydrogens (primary N) is 1. The minimum atomic E-state index is -0.0114. The van der Waals surface area contributed by atoms with E-state index in [1.165, 1.54) is 0 Å². The van der Waals surface area contributed by atoms with Crippen molar-refractivity contribution in [2.24, 2.45) is 5.73 Å². The van der Waals surface area contributed by atoms with Gasteiger partial charge in [0.05, 0.1) is 19.6 Å². The molecule has 1 aromatic rings. The van der Waals surface area contributed by atoms with Gasteiger partial charge in [-0.25, -0.2) is 0 Å². The highest BCUT2D eigenvalue weighted by Gasteiger charge is 2.08. The fraction of sp³-hybridized carbons (Fsp3) is 0.562. The Morgan fingerprint density at radius 3 is 2.67 bits per heavy atom. The molecule has 0 aliphatic rings. The molecular formula is C16H26N2O3. The molecule has 0 unspecified atom stereocenters. The first-order chi connectivity index (χ1) is 10.1. The molecule has 3 N–H and O–H groups in total. The molecule has 0 saturated heterocycles. The van der Waals surface area contributed by atoms with Gasteiger partial charge in [0.15, 0.2) is 11.5 Å². The molecule has 0 heterocycles. The lowest BCUT2D eigenvalue weighted by molar-refractivity contribution is -0.122. The number of ether oxygens (including phenoxy) is 2. The third kappa shape index (κ3) is 6.49. The summed E-state index contributed by atoms with van der Waals surface area (Å²) >= 11 is 0. The van der Waals surface area contributed by atoms with Crippen LogP contribution in [-0.4, -0.2) is 31.7 Å². The van der Waals surface area contributed by atoms with Gasteiger partial charge in [-0.15, -0.1) is 0 Å². The van der Waals surface area contributed by atoms with Gasteiger partial charge in [-0.2, -0.15) is 0 Å². The maximum Gasteiger partial charge on any atom is 0.223 e. The van der Waals surface area contributed by atoms with Gasteiger partial charge in [0, 0.05) is 6.04 Å². The zero-order valence-electron chi connectivity index (χ0n) is 13.1. The Hall–Kier alpha value is -1.75. The van der Waals surface area contributed by atoms with E-state index in [0.717, 1.165) is 12.0 Å². The van der Waals surface area contributed by atoms with Crippen molar-refractivity contribution in [3.05, 3.63) is 23.8 Å². The van der Waals surface area contributed by atoms with Crippen molar-refractivity contribution in [1.82, 2.24) is 5.32 Å². The molecule has 0 atom stereocenters. The van der Waals surface area contributed by atoms with Crippen molar-refractivity contribution >= 4 is 5.91 Å². The number of carbonyl (C=O) groups excluding carboxylic acids is 1. The van der Waals surface area contributed by atoms with Crippen molar-refractivity contribution in [3.63, 3.8) is 0 Å². The normalized spacial score (nSPS) is 10.5. The van der Waals surface area contributed by atoms with Gasteiger partial charge < -0.3 is 20.5 Å². The topological polar surface area (TPSA) is 73.6 Å². The van der Waals surface area contributed by atoms with E-state index in [0.29, 0.717) is 37.7 Å². The highest BCUT2D eigenvalue weighted by atomic mass is 16.5. The summed E-state index contributed by atoms with van der Waals surface area (Å²) in [5, 5.41) is 2.83. The third-order valence-corrected chi connectivity index (χ3v) is 2.78. The molecule has 0 spiro atoms. The van der Waals surface area contributed by atoms with E-state index in [1.807, 2.05) is 39.0 Å². The predicted octanol–water partition coefficient (Wildman–Crippen LogP) is 1.88. The molecule has 0 aliphatic carbocycles. The summed E-state index contributed by atoms with van der Waals surface area (Å²) < 4.78 is 11.2. The second kappa shape index (κ2) is 9.23. The summed E-state index contributed by atoms with van der Waals surface area (Å²) in [6.45, 7) is 7.28. The maximum absolute atomic E-state index is 11.6. The van der Waals surface area contributed by atoms with Crippen LogP contribution in [0.3, 0.4) is 0 Å². The second-order valence-corrected chi connectivity index (χ2v) is 5.07. The van der Waals surface area contributed by atoms with Gasteiger partial charge in [-0.05, 0) is 51.4 Å². The standard InChI is InChI=1S/C16H26N2O3/c1-4-20-15-11-13(7-9-17)5-6-14(15)21-10-8-16(19)18-12(2)3/h5-6,11-12H,4,7-10,17H2,1-3H3,(H,18,19). The van der Waals surface area contributed by atoms with Gasteiger partial charge in [-0.3, -0.25) is 4.79 Å². The van der Waals surface area contributed by atoms with Crippen LogP contribution in [0.15, 0.2) is 18.2 Å². The molecule has 0 radical (unpaired) electrons. The number of nitrogens with one attached hydrogen (secondary N) is 1. The summed E-state index contributed by atoms with van der Waals surface area (Å²) in [5.41, 5.74) is 6.68. The fourth-order valence-electron chi connectivity index (χ4n) is 1.91. The average molecular weight is 294 g/mol. The fourth-order valence-corrected chi connectivity index (χ4v) is 1.91. The zero-order valence-corrected chi connectivity index (χ0v) is 13.1. The van der Waals surface area contributed by atoms with E-state index in [-0.39, 0.29) is 11.9 Å². The van der Waals surface area contributed by atoms with Gasteiger partial charge in [0.25, 0.3) is 0 Å². The van der Waals surface area contributed by atoms with Crippen molar-refractivity contribution in [1.29, 1.82) is 0 Å². The summed E-state index contributed by atoms with van der Waals surface area (Å²) in [7, 11) is 0. The Labute approximate surface area is 126 Å². The predicted molar refractivity (Wildman–Crippen MR) is 83.8 cm³/mol. The Kier molecular flexibility index (Phi) is 7.61. The van der Waals surface area contributed by atoms with Crippen molar-refractivity contribution < 1.29 is 14.3 Å². The molecule has 1 aromatic carbocycles. The van der Waals surface area contributed by atoms with E-state index >= 15 is 0 Å². The summed E-state index contributed by atoms with van der Waals surface area (Å²) in [6.07, 6.45) is 1.13. The zero-order chi connectivity index (χ0) is 15.7. The molecule has 1 amide bonds. The molecule has 118 valence electrons. The van der Waals surface area contributed by atoms with Gasteiger partial charge >= 0.3 is 0 Å². The van der Waals surface area contributed by atoms with E-state index in [1.54, 1.807) is 0 Å². The van der Waals surface area contributed by atoms with E-state index in [9.17, 15) is 4.79 Å². The molecule has 0 bridgehead atoms. The first-order valence-corrected chi connectivity index (χ1v) is 7.44. The summed E-state index contributed by atoms with van der Waals surface area (Å²) in [4.78, 5) is 11.6. The van der Waals surface area contributed by atoms with Gasteiger partial charge in [0.2, 0.25) is 5.91 Å². The lowest BCUT2D eigenvalue weighted by Gasteiger charge is -2.14. The Balaban J connectivity index is 2.58. The van der Waals surface area contributed by atoms with Crippen LogP contribution in [0.4, 0.5) is 0 Å². The minimum absolute atomic E-state index is 0.0114. The number of benzene rings is 1. The number of hydrogen-bond donors (Lipinski definition) is 2. The minimum Gasteiger partial charge on any atom is -0.490 e. The lowest BCUT2D eigenvalue weighted by Crippen LogP contribution is -2.31. The molecule has 0 aliphatic heterocycles. The van der Waals surface area contributed by atoms with Crippen molar-refractivity contribution in [2.45, 2.75) is 39.7 Å². The second-order valence-electron chi connectivity index (χ2n) is 5.07. The number of rotatable bonds is 9. The van der Waals surface area contributed by atoms with Crippen LogP contribution < -0.4 is 20.5 Å². The Morgan fingerprint density at radius 1 is 1.29 bits per heavy atom. The van der Waals surface area contributed by atoms with Crippen LogP contribution in [0.2, 0.25) is 0 Å². The first kappa shape index (κ1) is 17.3. The molecule has 0 aromatic heterocycles. The van der Waals surface area contributed by atoms with Crippen LogP contribution in [-0.2, 0) is 11.2 Å². The number of amides is 1. The van der Waals surface area contributed by atoms with Crippen LogP contribution in [0.1, 0.15) is 32.8 Å². The molecule has 0 fully saturated rings. The summed E-state index contributed by atoms with van der Waals surface area (Å²) in [5.74, 6) is 1.35. The average Bonchev–Trinajstić information content (AvgIpc) is 2.41. The quantitative estimate of drug-likeness (QED) is 0.729. The van der Waals surface area contributed by atoms with Crippen molar-refractivity contribution in [3.8, 4) is 11.5 Å². The molecular weight excluding hydrogens is 268 g/mol. The third-order valence-electron chi connectivity index (χ3n) is 2.78. The van der Waals surface area contributed by atoms with E-state index in [2.05, 4.69) is 5.32 Å².